The first-order chi connectivity index (χ1) is 16.6. The lowest BCUT2D eigenvalue weighted by Crippen LogP contribution is -2.58. The molecule has 35 heavy (non-hydrogen) atoms. The van der Waals surface area contributed by atoms with Gasteiger partial charge in [0.1, 0.15) is 0 Å². The summed E-state index contributed by atoms with van der Waals surface area (Å²) in [6.07, 6.45) is 15.0. The normalized spacial score (nSPS) is 43.7. The van der Waals surface area contributed by atoms with Crippen LogP contribution in [-0.4, -0.2) is 24.3 Å². The number of hydrogen-bond acceptors (Lipinski definition) is 3. The minimum atomic E-state index is -0.0447. The summed E-state index contributed by atoms with van der Waals surface area (Å²) >= 11 is 0. The third kappa shape index (κ3) is 4.34. The maximum atomic E-state index is 14.0. The van der Waals surface area contributed by atoms with Crippen LogP contribution in [0.3, 0.4) is 0 Å². The van der Waals surface area contributed by atoms with Gasteiger partial charge in [0, 0.05) is 23.5 Å². The van der Waals surface area contributed by atoms with Gasteiger partial charge in [0.15, 0.2) is 5.78 Å². The SMILES string of the molecule is CC(C)CCC[C@@H](C)[C@H]1CC[C@H]2[C@@H]3[C@@H](C(=O)[C@@H]4CCCN4)C=C4NC(=O)CC[C@]4(C)[C@H]3CC[C@]12C. The van der Waals surface area contributed by atoms with E-state index in [4.69, 9.17) is 0 Å². The number of rotatable bonds is 7. The highest BCUT2D eigenvalue weighted by Gasteiger charge is 2.62. The highest BCUT2D eigenvalue weighted by Crippen LogP contribution is 2.67. The summed E-state index contributed by atoms with van der Waals surface area (Å²) in [5.74, 6) is 4.40. The topological polar surface area (TPSA) is 58.2 Å². The van der Waals surface area contributed by atoms with E-state index in [9.17, 15) is 9.59 Å². The smallest absolute Gasteiger partial charge is 0.224 e. The summed E-state index contributed by atoms with van der Waals surface area (Å²) in [4.78, 5) is 26.4. The molecule has 3 aliphatic carbocycles. The van der Waals surface area contributed by atoms with E-state index in [0.717, 1.165) is 49.3 Å². The van der Waals surface area contributed by atoms with Crippen LogP contribution in [0.15, 0.2) is 11.8 Å². The number of carbonyl (C=O) groups is 2. The Morgan fingerprint density at radius 3 is 2.57 bits per heavy atom. The Bertz CT molecular complexity index is 858. The van der Waals surface area contributed by atoms with E-state index in [2.05, 4.69) is 51.3 Å². The van der Waals surface area contributed by atoms with Crippen LogP contribution in [0.25, 0.3) is 0 Å². The van der Waals surface area contributed by atoms with Crippen molar-refractivity contribution in [2.45, 2.75) is 111 Å². The molecule has 2 heterocycles. The van der Waals surface area contributed by atoms with Crippen molar-refractivity contribution < 1.29 is 9.59 Å². The van der Waals surface area contributed by atoms with Gasteiger partial charge in [-0.25, -0.2) is 0 Å². The number of hydrogen-bond donors (Lipinski definition) is 2. The molecule has 5 rings (SSSR count). The second-order valence-electron chi connectivity index (χ2n) is 13.9. The molecule has 0 aromatic heterocycles. The fourth-order valence-corrected chi connectivity index (χ4v) is 9.67. The molecule has 2 saturated carbocycles. The van der Waals surface area contributed by atoms with E-state index in [0.29, 0.717) is 35.4 Å². The number of amides is 1. The van der Waals surface area contributed by atoms with Crippen molar-refractivity contribution in [3.63, 3.8) is 0 Å². The highest BCUT2D eigenvalue weighted by molar-refractivity contribution is 5.89. The van der Waals surface area contributed by atoms with E-state index in [1.165, 1.54) is 44.9 Å². The molecular formula is C31H50N2O2. The Kier molecular flexibility index (Phi) is 7.00. The molecule has 0 spiro atoms. The van der Waals surface area contributed by atoms with Crippen LogP contribution in [0.4, 0.5) is 0 Å². The summed E-state index contributed by atoms with van der Waals surface area (Å²) in [7, 11) is 0. The number of allylic oxidation sites excluding steroid dienone is 2. The van der Waals surface area contributed by atoms with Crippen molar-refractivity contribution in [1.82, 2.24) is 10.6 Å². The van der Waals surface area contributed by atoms with Gasteiger partial charge in [0.05, 0.1) is 6.04 Å². The molecule has 4 fully saturated rings. The van der Waals surface area contributed by atoms with Crippen LogP contribution in [0.2, 0.25) is 0 Å². The average molecular weight is 483 g/mol. The average Bonchev–Trinajstić information content (AvgIpc) is 3.46. The quantitative estimate of drug-likeness (QED) is 0.450. The zero-order valence-electron chi connectivity index (χ0n) is 23.0. The second-order valence-corrected chi connectivity index (χ2v) is 13.9. The van der Waals surface area contributed by atoms with Crippen molar-refractivity contribution >= 4 is 11.7 Å². The van der Waals surface area contributed by atoms with Crippen LogP contribution < -0.4 is 10.6 Å². The first-order valence-electron chi connectivity index (χ1n) is 14.9. The fraction of sp³-hybridized carbons (Fsp3) is 0.871. The van der Waals surface area contributed by atoms with Crippen molar-refractivity contribution in [2.75, 3.05) is 6.54 Å². The largest absolute Gasteiger partial charge is 0.330 e. The molecule has 2 saturated heterocycles. The Labute approximate surface area is 213 Å². The van der Waals surface area contributed by atoms with Gasteiger partial charge in [-0.05, 0) is 92.4 Å². The number of nitrogens with one attached hydrogen (secondary N) is 2. The van der Waals surface area contributed by atoms with Crippen molar-refractivity contribution in [1.29, 1.82) is 0 Å². The highest BCUT2D eigenvalue weighted by atomic mass is 16.1. The number of piperidine rings is 1. The van der Waals surface area contributed by atoms with Crippen LogP contribution in [0.5, 0.6) is 0 Å². The first kappa shape index (κ1) is 25.5. The Balaban J connectivity index is 1.45. The van der Waals surface area contributed by atoms with Crippen LogP contribution in [0.1, 0.15) is 105 Å². The molecule has 9 atom stereocenters. The predicted molar refractivity (Wildman–Crippen MR) is 141 cm³/mol. The Morgan fingerprint density at radius 2 is 1.86 bits per heavy atom. The lowest BCUT2D eigenvalue weighted by Gasteiger charge is -2.59. The first-order valence-corrected chi connectivity index (χ1v) is 14.9. The molecule has 0 aromatic carbocycles. The number of carbonyl (C=O) groups excluding carboxylic acids is 2. The van der Waals surface area contributed by atoms with Gasteiger partial charge in [-0.3, -0.25) is 9.59 Å². The van der Waals surface area contributed by atoms with Gasteiger partial charge in [-0.2, -0.15) is 0 Å². The minimum Gasteiger partial charge on any atom is -0.330 e. The van der Waals surface area contributed by atoms with Crippen molar-refractivity contribution in [2.24, 2.45) is 52.3 Å². The van der Waals surface area contributed by atoms with E-state index in [1.807, 2.05) is 0 Å². The van der Waals surface area contributed by atoms with E-state index >= 15 is 0 Å². The molecule has 2 aliphatic heterocycles. The number of Topliss-reactive ketones (excluding diaryl/α,β-unsaturated/α-hetero) is 1. The van der Waals surface area contributed by atoms with Crippen LogP contribution >= 0.6 is 0 Å². The lowest BCUT2D eigenvalue weighted by atomic mass is 9.46. The van der Waals surface area contributed by atoms with Gasteiger partial charge in [0.25, 0.3) is 0 Å². The molecule has 0 bridgehead atoms. The number of fused-ring (bicyclic) bond motifs is 5. The predicted octanol–water partition coefficient (Wildman–Crippen LogP) is 6.26. The third-order valence-corrected chi connectivity index (χ3v) is 11.6. The maximum absolute atomic E-state index is 14.0. The van der Waals surface area contributed by atoms with Gasteiger partial charge in [-0.15, -0.1) is 0 Å². The summed E-state index contributed by atoms with van der Waals surface area (Å²) in [6.45, 7) is 13.2. The molecule has 2 N–H and O–H groups in total. The lowest BCUT2D eigenvalue weighted by molar-refractivity contribution is -0.136. The zero-order chi connectivity index (χ0) is 25.0. The van der Waals surface area contributed by atoms with E-state index in [1.54, 1.807) is 0 Å². The molecule has 1 amide bonds. The van der Waals surface area contributed by atoms with Crippen LogP contribution in [0, 0.1) is 52.3 Å². The molecule has 196 valence electrons. The minimum absolute atomic E-state index is 0.00138. The Hall–Kier alpha value is -1.16. The standard InChI is InChI=1S/C31H50N2O2/c1-19(2)8-6-9-20(3)22-11-12-23-28-21(29(35)25-10-7-17-32-25)18-26-31(5,16-14-27(34)33-26)24(28)13-15-30(22,23)4/h18-25,28,32H,6-17H2,1-5H3,(H,33,34)/t20-,21+,22-,23+,24+,25+,28+,30-,31-/m1/s1. The van der Waals surface area contributed by atoms with Gasteiger partial charge < -0.3 is 10.6 Å². The maximum Gasteiger partial charge on any atom is 0.224 e. The fourth-order valence-electron chi connectivity index (χ4n) is 9.67. The molecule has 0 aromatic rings. The zero-order valence-corrected chi connectivity index (χ0v) is 23.0. The summed E-state index contributed by atoms with van der Waals surface area (Å²) < 4.78 is 0. The molecule has 4 nitrogen and oxygen atoms in total. The Morgan fingerprint density at radius 1 is 1.06 bits per heavy atom. The van der Waals surface area contributed by atoms with Gasteiger partial charge >= 0.3 is 0 Å². The summed E-state index contributed by atoms with van der Waals surface area (Å²) in [6, 6.07) is 0.00138. The third-order valence-electron chi connectivity index (χ3n) is 11.6. The molecule has 5 aliphatic rings. The van der Waals surface area contributed by atoms with Gasteiger partial charge in [-0.1, -0.05) is 60.0 Å². The monoisotopic (exact) mass is 482 g/mol. The molecule has 4 heteroatoms. The summed E-state index contributed by atoms with van der Waals surface area (Å²) in [5, 5.41) is 6.75. The second kappa shape index (κ2) is 9.62. The van der Waals surface area contributed by atoms with E-state index in [-0.39, 0.29) is 23.3 Å². The van der Waals surface area contributed by atoms with E-state index < -0.39 is 0 Å². The summed E-state index contributed by atoms with van der Waals surface area (Å²) in [5.41, 5.74) is 1.44. The molecule has 0 unspecified atom stereocenters. The molecule has 0 radical (unpaired) electrons. The van der Waals surface area contributed by atoms with Crippen molar-refractivity contribution in [3.05, 3.63) is 11.8 Å². The van der Waals surface area contributed by atoms with Gasteiger partial charge in [0.2, 0.25) is 5.91 Å². The number of ketones is 1. The van der Waals surface area contributed by atoms with Crippen LogP contribution in [-0.2, 0) is 9.59 Å². The van der Waals surface area contributed by atoms with Crippen molar-refractivity contribution in [3.8, 4) is 0 Å². The molecular weight excluding hydrogens is 432 g/mol.